The van der Waals surface area contributed by atoms with Crippen molar-refractivity contribution in [1.29, 1.82) is 0 Å². The van der Waals surface area contributed by atoms with Crippen molar-refractivity contribution in [3.63, 3.8) is 0 Å². The number of aromatic nitrogens is 5. The van der Waals surface area contributed by atoms with Crippen LogP contribution in [0.4, 0.5) is 15.9 Å². The molecule has 2 unspecified atom stereocenters. The van der Waals surface area contributed by atoms with Crippen LogP contribution in [-0.4, -0.2) is 50.9 Å². The van der Waals surface area contributed by atoms with E-state index in [2.05, 4.69) is 57.1 Å². The van der Waals surface area contributed by atoms with Gasteiger partial charge in [-0.15, -0.1) is 0 Å². The molecular formula is C26H32BrFN8. The number of fused-ring (bicyclic) bond motifs is 1. The SMILES string of the molecule is Nc1ncnc2c1ccn2C1CCC(CN(CCCNCCc2ccc(F)cc2)c2cn[nH]c2Br)C1. The molecule has 0 saturated heterocycles. The van der Waals surface area contributed by atoms with Gasteiger partial charge >= 0.3 is 0 Å². The maximum absolute atomic E-state index is 13.1. The van der Waals surface area contributed by atoms with Crippen molar-refractivity contribution in [2.45, 2.75) is 38.1 Å². The monoisotopic (exact) mass is 554 g/mol. The zero-order chi connectivity index (χ0) is 24.9. The summed E-state index contributed by atoms with van der Waals surface area (Å²) in [6.45, 7) is 3.74. The van der Waals surface area contributed by atoms with Gasteiger partial charge in [-0.3, -0.25) is 5.10 Å². The molecule has 0 aliphatic heterocycles. The molecule has 0 spiro atoms. The van der Waals surface area contributed by atoms with E-state index in [-0.39, 0.29) is 5.82 Å². The molecule has 1 aliphatic rings. The predicted octanol–water partition coefficient (Wildman–Crippen LogP) is 4.71. The average molecular weight is 556 g/mol. The number of nitrogens with zero attached hydrogens (tertiary/aromatic N) is 5. The first-order chi connectivity index (χ1) is 17.6. The molecule has 1 aromatic carbocycles. The second kappa shape index (κ2) is 11.4. The maximum Gasteiger partial charge on any atom is 0.145 e. The van der Waals surface area contributed by atoms with E-state index in [1.807, 2.05) is 24.4 Å². The Morgan fingerprint density at radius 2 is 2.03 bits per heavy atom. The standard InChI is InChI=1S/C26H32BrFN8/c27-24-23(15-33-34-24)35(12-1-10-30-11-8-18-2-5-20(28)6-3-18)16-19-4-7-21(14-19)36-13-9-22-25(29)31-17-32-26(22)36/h2-3,5-6,9,13,15,17,19,21,30H,1,4,7-8,10-12,14,16H2,(H,33,34)(H2,29,31,32). The van der Waals surface area contributed by atoms with Crippen molar-refractivity contribution in [2.24, 2.45) is 5.92 Å². The highest BCUT2D eigenvalue weighted by Crippen LogP contribution is 2.38. The van der Waals surface area contributed by atoms with Gasteiger partial charge in [-0.25, -0.2) is 14.4 Å². The molecule has 1 saturated carbocycles. The van der Waals surface area contributed by atoms with E-state index in [1.54, 1.807) is 6.33 Å². The Morgan fingerprint density at radius 1 is 1.17 bits per heavy atom. The van der Waals surface area contributed by atoms with E-state index in [0.29, 0.717) is 17.8 Å². The van der Waals surface area contributed by atoms with Gasteiger partial charge in [0.15, 0.2) is 0 Å². The summed E-state index contributed by atoms with van der Waals surface area (Å²) in [4.78, 5) is 11.1. The Balaban J connectivity index is 1.14. The molecule has 8 nitrogen and oxygen atoms in total. The third-order valence-electron chi connectivity index (χ3n) is 7.13. The van der Waals surface area contributed by atoms with Gasteiger partial charge in [-0.2, -0.15) is 5.10 Å². The molecule has 1 fully saturated rings. The van der Waals surface area contributed by atoms with Gasteiger partial charge in [0.1, 0.15) is 28.2 Å². The Kier molecular flexibility index (Phi) is 7.81. The van der Waals surface area contributed by atoms with Crippen LogP contribution in [0.1, 0.15) is 37.3 Å². The topological polar surface area (TPSA) is 101 Å². The minimum absolute atomic E-state index is 0.189. The summed E-state index contributed by atoms with van der Waals surface area (Å²) in [7, 11) is 0. The van der Waals surface area contributed by atoms with Gasteiger partial charge in [-0.05, 0) is 90.8 Å². The fraction of sp³-hybridized carbons (Fsp3) is 0.423. The maximum atomic E-state index is 13.1. The van der Waals surface area contributed by atoms with Crippen LogP contribution in [0.15, 0.2) is 53.7 Å². The third-order valence-corrected chi connectivity index (χ3v) is 7.71. The van der Waals surface area contributed by atoms with Gasteiger partial charge < -0.3 is 20.5 Å². The van der Waals surface area contributed by atoms with Crippen LogP contribution in [-0.2, 0) is 6.42 Å². The lowest BCUT2D eigenvalue weighted by Crippen LogP contribution is -2.32. The zero-order valence-corrected chi connectivity index (χ0v) is 21.8. The first-order valence-electron chi connectivity index (χ1n) is 12.5. The van der Waals surface area contributed by atoms with Crippen LogP contribution < -0.4 is 16.0 Å². The summed E-state index contributed by atoms with van der Waals surface area (Å²) < 4.78 is 16.3. The summed E-state index contributed by atoms with van der Waals surface area (Å²) in [5.74, 6) is 0.932. The first-order valence-corrected chi connectivity index (χ1v) is 13.3. The molecular weight excluding hydrogens is 523 g/mol. The van der Waals surface area contributed by atoms with Gasteiger partial charge in [0.25, 0.3) is 0 Å². The second-order valence-corrected chi connectivity index (χ2v) is 10.3. The summed E-state index contributed by atoms with van der Waals surface area (Å²) in [6, 6.07) is 9.18. The average Bonchev–Trinajstić information content (AvgIpc) is 3.62. The van der Waals surface area contributed by atoms with Gasteiger partial charge in [0, 0.05) is 25.3 Å². The van der Waals surface area contributed by atoms with Crippen LogP contribution in [0.25, 0.3) is 11.0 Å². The van der Waals surface area contributed by atoms with Crippen molar-refractivity contribution < 1.29 is 4.39 Å². The molecule has 0 radical (unpaired) electrons. The molecule has 10 heteroatoms. The second-order valence-electron chi connectivity index (χ2n) is 9.55. The van der Waals surface area contributed by atoms with Crippen LogP contribution in [0.5, 0.6) is 0 Å². The summed E-state index contributed by atoms with van der Waals surface area (Å²) >= 11 is 3.63. The summed E-state index contributed by atoms with van der Waals surface area (Å²) in [5, 5.41) is 11.7. The fourth-order valence-electron chi connectivity index (χ4n) is 5.26. The number of nitrogens with two attached hydrogens (primary N) is 1. The Labute approximate surface area is 218 Å². The Bertz CT molecular complexity index is 1270. The van der Waals surface area contributed by atoms with E-state index >= 15 is 0 Å². The zero-order valence-electron chi connectivity index (χ0n) is 20.2. The number of nitrogen functional groups attached to an aromatic ring is 1. The van der Waals surface area contributed by atoms with E-state index in [9.17, 15) is 4.39 Å². The van der Waals surface area contributed by atoms with Gasteiger partial charge in [0.05, 0.1) is 17.3 Å². The number of hydrogen-bond acceptors (Lipinski definition) is 6. The normalized spacial score (nSPS) is 17.7. The number of hydrogen-bond donors (Lipinski definition) is 3. The quantitative estimate of drug-likeness (QED) is 0.232. The van der Waals surface area contributed by atoms with Crippen molar-refractivity contribution >= 4 is 38.5 Å². The molecule has 3 aromatic heterocycles. The van der Waals surface area contributed by atoms with E-state index < -0.39 is 0 Å². The number of aromatic amines is 1. The van der Waals surface area contributed by atoms with Gasteiger partial charge in [-0.1, -0.05) is 12.1 Å². The lowest BCUT2D eigenvalue weighted by molar-refractivity contribution is 0.476. The number of benzene rings is 1. The lowest BCUT2D eigenvalue weighted by atomic mass is 10.1. The van der Waals surface area contributed by atoms with E-state index in [0.717, 1.165) is 78.7 Å². The summed E-state index contributed by atoms with van der Waals surface area (Å²) in [6.07, 6.45) is 10.9. The molecule has 0 amide bonds. The third kappa shape index (κ3) is 5.70. The van der Waals surface area contributed by atoms with Crippen LogP contribution in [0.2, 0.25) is 0 Å². The van der Waals surface area contributed by atoms with Crippen molar-refractivity contribution in [2.75, 3.05) is 36.8 Å². The largest absolute Gasteiger partial charge is 0.383 e. The number of H-pyrrole nitrogens is 1. The molecule has 36 heavy (non-hydrogen) atoms. The number of nitrogens with one attached hydrogen (secondary N) is 2. The van der Waals surface area contributed by atoms with Gasteiger partial charge in [0.2, 0.25) is 0 Å². The number of halogens is 2. The minimum atomic E-state index is -0.189. The smallest absolute Gasteiger partial charge is 0.145 e. The first kappa shape index (κ1) is 24.7. The highest BCUT2D eigenvalue weighted by Gasteiger charge is 2.29. The highest BCUT2D eigenvalue weighted by molar-refractivity contribution is 9.10. The van der Waals surface area contributed by atoms with Crippen molar-refractivity contribution in [3.05, 3.63) is 65.0 Å². The molecule has 190 valence electrons. The summed E-state index contributed by atoms with van der Waals surface area (Å²) in [5.41, 5.74) is 9.22. The van der Waals surface area contributed by atoms with Crippen LogP contribution in [0, 0.1) is 11.7 Å². The Hall–Kier alpha value is -2.98. The predicted molar refractivity (Wildman–Crippen MR) is 144 cm³/mol. The molecule has 4 N–H and O–H groups in total. The van der Waals surface area contributed by atoms with Crippen LogP contribution in [0.3, 0.4) is 0 Å². The minimum Gasteiger partial charge on any atom is -0.383 e. The molecule has 5 rings (SSSR count). The fourth-order valence-corrected chi connectivity index (χ4v) is 5.72. The Morgan fingerprint density at radius 3 is 2.83 bits per heavy atom. The number of rotatable bonds is 11. The van der Waals surface area contributed by atoms with Crippen LogP contribution >= 0.6 is 15.9 Å². The van der Waals surface area contributed by atoms with E-state index in [1.165, 1.54) is 18.6 Å². The number of anilines is 2. The molecule has 4 aromatic rings. The van der Waals surface area contributed by atoms with E-state index in [4.69, 9.17) is 5.73 Å². The molecule has 2 atom stereocenters. The molecule has 1 aliphatic carbocycles. The van der Waals surface area contributed by atoms with Crippen molar-refractivity contribution in [1.82, 2.24) is 30.0 Å². The highest BCUT2D eigenvalue weighted by atomic mass is 79.9. The lowest BCUT2D eigenvalue weighted by Gasteiger charge is -2.27. The molecule has 3 heterocycles. The van der Waals surface area contributed by atoms with Crippen molar-refractivity contribution in [3.8, 4) is 0 Å². The molecule has 0 bridgehead atoms.